The zero-order valence-electron chi connectivity index (χ0n) is 13.8. The number of carbonyl (C=O) groups excluding carboxylic acids is 1. The predicted octanol–water partition coefficient (Wildman–Crippen LogP) is 2.35. The molecule has 1 unspecified atom stereocenters. The molecular formula is C17H19F2N3O2S. The van der Waals surface area contributed by atoms with E-state index in [9.17, 15) is 18.7 Å². The van der Waals surface area contributed by atoms with Crippen LogP contribution in [-0.4, -0.2) is 50.5 Å². The van der Waals surface area contributed by atoms with Gasteiger partial charge in [0.1, 0.15) is 23.6 Å². The molecule has 134 valence electrons. The fraction of sp³-hybridized carbons (Fsp3) is 0.412. The van der Waals surface area contributed by atoms with E-state index in [0.29, 0.717) is 37.5 Å². The number of aliphatic hydroxyl groups excluding tert-OH is 1. The fourth-order valence-corrected chi connectivity index (χ4v) is 3.31. The summed E-state index contributed by atoms with van der Waals surface area (Å²) >= 11 is 1.58. The van der Waals surface area contributed by atoms with Gasteiger partial charge in [-0.1, -0.05) is 0 Å². The van der Waals surface area contributed by atoms with Crippen molar-refractivity contribution in [2.75, 3.05) is 18.6 Å². The molecule has 1 amide bonds. The first-order valence-corrected chi connectivity index (χ1v) is 9.38. The maximum atomic E-state index is 13.9. The summed E-state index contributed by atoms with van der Waals surface area (Å²) in [5, 5.41) is 9.98. The summed E-state index contributed by atoms with van der Waals surface area (Å²) in [7, 11) is 0. The summed E-state index contributed by atoms with van der Waals surface area (Å²) in [5.74, 6) is -0.604. The summed E-state index contributed by atoms with van der Waals surface area (Å²) < 4.78 is 27.0. The number of fused-ring (bicyclic) bond motifs is 1. The largest absolute Gasteiger partial charge is 0.383 e. The van der Waals surface area contributed by atoms with Gasteiger partial charge in [-0.2, -0.15) is 11.8 Å². The maximum absolute atomic E-state index is 13.9. The number of nitrogens with one attached hydrogen (secondary N) is 1. The van der Waals surface area contributed by atoms with Gasteiger partial charge >= 0.3 is 0 Å². The molecule has 2 aromatic rings. The summed E-state index contributed by atoms with van der Waals surface area (Å²) in [6, 6.07) is 3.33. The Bertz CT molecular complexity index is 781. The average molecular weight is 367 g/mol. The molecule has 0 aliphatic carbocycles. The SMILES string of the molecule is CSCCC(O)C(=O)N1CCc2nc(-c3ccc(F)cc3F)[nH]c2C1. The van der Waals surface area contributed by atoms with Crippen molar-refractivity contribution in [3.05, 3.63) is 41.2 Å². The number of nitrogens with zero attached hydrogens (tertiary/aromatic N) is 2. The molecule has 1 aromatic carbocycles. The number of aromatic nitrogens is 2. The van der Waals surface area contributed by atoms with Gasteiger partial charge in [-0.15, -0.1) is 0 Å². The van der Waals surface area contributed by atoms with Crippen molar-refractivity contribution in [2.45, 2.75) is 25.5 Å². The minimum absolute atomic E-state index is 0.189. The lowest BCUT2D eigenvalue weighted by molar-refractivity contribution is -0.141. The van der Waals surface area contributed by atoms with Crippen molar-refractivity contribution in [1.29, 1.82) is 0 Å². The monoisotopic (exact) mass is 367 g/mol. The number of aromatic amines is 1. The number of H-pyrrole nitrogens is 1. The Morgan fingerprint density at radius 2 is 2.28 bits per heavy atom. The second kappa shape index (κ2) is 7.53. The van der Waals surface area contributed by atoms with Crippen molar-refractivity contribution >= 4 is 17.7 Å². The maximum Gasteiger partial charge on any atom is 0.251 e. The van der Waals surface area contributed by atoms with Gasteiger partial charge < -0.3 is 15.0 Å². The number of halogens is 2. The van der Waals surface area contributed by atoms with Gasteiger partial charge in [0.25, 0.3) is 5.91 Å². The number of hydrogen-bond donors (Lipinski definition) is 2. The summed E-state index contributed by atoms with van der Waals surface area (Å²) in [6.45, 7) is 0.749. The molecule has 2 heterocycles. The smallest absolute Gasteiger partial charge is 0.251 e. The molecule has 0 spiro atoms. The molecule has 8 heteroatoms. The Hall–Kier alpha value is -1.93. The molecule has 0 saturated heterocycles. The second-order valence-corrected chi connectivity index (χ2v) is 6.93. The molecule has 1 aromatic heterocycles. The molecule has 5 nitrogen and oxygen atoms in total. The van der Waals surface area contributed by atoms with Gasteiger partial charge in [0.2, 0.25) is 0 Å². The Balaban J connectivity index is 1.76. The first-order valence-electron chi connectivity index (χ1n) is 7.98. The molecule has 3 rings (SSSR count). The number of thioether (sulfide) groups is 1. The van der Waals surface area contributed by atoms with Crippen molar-refractivity contribution in [3.63, 3.8) is 0 Å². The van der Waals surface area contributed by atoms with Crippen LogP contribution in [0.3, 0.4) is 0 Å². The second-order valence-electron chi connectivity index (χ2n) is 5.94. The number of hydrogen-bond acceptors (Lipinski definition) is 4. The van der Waals surface area contributed by atoms with Gasteiger partial charge in [-0.05, 0) is 30.6 Å². The molecule has 1 atom stereocenters. The van der Waals surface area contributed by atoms with E-state index in [-0.39, 0.29) is 11.5 Å². The van der Waals surface area contributed by atoms with Crippen molar-refractivity contribution < 1.29 is 18.7 Å². The lowest BCUT2D eigenvalue weighted by Crippen LogP contribution is -2.42. The Morgan fingerprint density at radius 1 is 1.48 bits per heavy atom. The van der Waals surface area contributed by atoms with Crippen molar-refractivity contribution in [2.24, 2.45) is 0 Å². The van der Waals surface area contributed by atoms with Crippen LogP contribution < -0.4 is 0 Å². The highest BCUT2D eigenvalue weighted by Crippen LogP contribution is 2.25. The number of amides is 1. The number of rotatable bonds is 5. The van der Waals surface area contributed by atoms with Gasteiger partial charge in [-0.3, -0.25) is 4.79 Å². The quantitative estimate of drug-likeness (QED) is 0.851. The molecule has 0 radical (unpaired) electrons. The molecule has 0 saturated carbocycles. The van der Waals surface area contributed by atoms with E-state index in [1.54, 1.807) is 16.7 Å². The molecule has 0 fully saturated rings. The van der Waals surface area contributed by atoms with Crippen LogP contribution in [0.2, 0.25) is 0 Å². The Morgan fingerprint density at radius 3 is 3.00 bits per heavy atom. The van der Waals surface area contributed by atoms with Gasteiger partial charge in [0.05, 0.1) is 23.5 Å². The number of imidazole rings is 1. The van der Waals surface area contributed by atoms with Crippen LogP contribution in [0.5, 0.6) is 0 Å². The Kier molecular flexibility index (Phi) is 5.39. The van der Waals surface area contributed by atoms with E-state index < -0.39 is 17.7 Å². The predicted molar refractivity (Wildman–Crippen MR) is 92.1 cm³/mol. The van der Waals surface area contributed by atoms with Crippen LogP contribution in [0.25, 0.3) is 11.4 Å². The minimum atomic E-state index is -1.01. The van der Waals surface area contributed by atoms with Gasteiger partial charge in [-0.25, -0.2) is 13.8 Å². The first-order chi connectivity index (χ1) is 12.0. The highest BCUT2D eigenvalue weighted by atomic mass is 32.2. The zero-order chi connectivity index (χ0) is 18.0. The molecule has 1 aliphatic rings. The third-order valence-corrected chi connectivity index (χ3v) is 4.85. The normalized spacial score (nSPS) is 15.1. The summed E-state index contributed by atoms with van der Waals surface area (Å²) in [5.41, 5.74) is 1.67. The number of carbonyl (C=O) groups is 1. The van der Waals surface area contributed by atoms with Crippen molar-refractivity contribution in [1.82, 2.24) is 14.9 Å². The van der Waals surface area contributed by atoms with E-state index in [1.807, 2.05) is 6.26 Å². The van der Waals surface area contributed by atoms with E-state index in [0.717, 1.165) is 17.5 Å². The third-order valence-electron chi connectivity index (χ3n) is 4.21. The Labute approximate surface area is 148 Å². The lowest BCUT2D eigenvalue weighted by atomic mass is 10.1. The van der Waals surface area contributed by atoms with Crippen LogP contribution in [0.1, 0.15) is 17.8 Å². The van der Waals surface area contributed by atoms with E-state index in [4.69, 9.17) is 0 Å². The number of benzene rings is 1. The lowest BCUT2D eigenvalue weighted by Gasteiger charge is -2.28. The van der Waals surface area contributed by atoms with Gasteiger partial charge in [0, 0.05) is 19.0 Å². The van der Waals surface area contributed by atoms with Crippen molar-refractivity contribution in [3.8, 4) is 11.4 Å². The highest BCUT2D eigenvalue weighted by Gasteiger charge is 2.28. The standard InChI is InChI=1S/C17H19F2N3O2S/c1-25-7-5-15(23)17(24)22-6-4-13-14(9-22)21-16(20-13)11-3-2-10(18)8-12(11)19/h2-3,8,15,23H,4-7,9H2,1H3,(H,20,21). The first kappa shape index (κ1) is 17.9. The summed E-state index contributed by atoms with van der Waals surface area (Å²) in [4.78, 5) is 21.3. The van der Waals surface area contributed by atoms with Crippen LogP contribution in [0.15, 0.2) is 18.2 Å². The molecule has 0 bridgehead atoms. The molecule has 1 aliphatic heterocycles. The van der Waals surface area contributed by atoms with E-state index >= 15 is 0 Å². The van der Waals surface area contributed by atoms with Crippen LogP contribution in [0.4, 0.5) is 8.78 Å². The average Bonchev–Trinajstić information content (AvgIpc) is 3.01. The topological polar surface area (TPSA) is 69.2 Å². The van der Waals surface area contributed by atoms with E-state index in [2.05, 4.69) is 9.97 Å². The third kappa shape index (κ3) is 3.85. The molecular weight excluding hydrogens is 348 g/mol. The fourth-order valence-electron chi connectivity index (χ4n) is 2.85. The number of aliphatic hydroxyl groups is 1. The molecule has 25 heavy (non-hydrogen) atoms. The minimum Gasteiger partial charge on any atom is -0.383 e. The van der Waals surface area contributed by atoms with Crippen LogP contribution in [0, 0.1) is 11.6 Å². The zero-order valence-corrected chi connectivity index (χ0v) is 14.6. The van der Waals surface area contributed by atoms with Crippen LogP contribution in [-0.2, 0) is 17.8 Å². The van der Waals surface area contributed by atoms with Gasteiger partial charge in [0.15, 0.2) is 0 Å². The highest BCUT2D eigenvalue weighted by molar-refractivity contribution is 7.98. The van der Waals surface area contributed by atoms with Crippen LogP contribution >= 0.6 is 11.8 Å². The van der Waals surface area contributed by atoms with E-state index in [1.165, 1.54) is 12.1 Å². The summed E-state index contributed by atoms with van der Waals surface area (Å²) in [6.07, 6.45) is 1.85. The molecule has 2 N–H and O–H groups in total.